The summed E-state index contributed by atoms with van der Waals surface area (Å²) in [7, 11) is 0. The van der Waals surface area contributed by atoms with Crippen molar-refractivity contribution in [3.8, 4) is 5.75 Å². The van der Waals surface area contributed by atoms with Gasteiger partial charge in [-0.3, -0.25) is 0 Å². The number of fused-ring (bicyclic) bond motifs is 1. The summed E-state index contributed by atoms with van der Waals surface area (Å²) in [4.78, 5) is 12.0. The number of aliphatic hydroxyl groups is 1. The summed E-state index contributed by atoms with van der Waals surface area (Å²) in [6.45, 7) is 2.96. The number of para-hydroxylation sites is 1. The average Bonchev–Trinajstić information content (AvgIpc) is 2.68. The zero-order chi connectivity index (χ0) is 15.1. The standard InChI is InChI=1S/C16H24N2O3/c1-2-6-12(19)11-17-16(20)18-14-8-5-10-21-15-9-4-3-7-13(14)15/h3-4,7,9,12,14,19H,2,5-6,8,10-11H2,1H3,(H2,17,18,20). The number of amides is 2. The molecule has 2 amide bonds. The van der Waals surface area contributed by atoms with Gasteiger partial charge < -0.3 is 20.5 Å². The summed E-state index contributed by atoms with van der Waals surface area (Å²) >= 11 is 0. The third-order valence-corrected chi connectivity index (χ3v) is 3.61. The van der Waals surface area contributed by atoms with Crippen LogP contribution >= 0.6 is 0 Å². The first kappa shape index (κ1) is 15.6. The molecule has 2 rings (SSSR count). The third-order valence-electron chi connectivity index (χ3n) is 3.61. The van der Waals surface area contributed by atoms with Gasteiger partial charge in [0.1, 0.15) is 5.75 Å². The predicted molar refractivity (Wildman–Crippen MR) is 81.4 cm³/mol. The first-order valence-electron chi connectivity index (χ1n) is 7.65. The Labute approximate surface area is 125 Å². The van der Waals surface area contributed by atoms with E-state index in [2.05, 4.69) is 10.6 Å². The maximum atomic E-state index is 12.0. The van der Waals surface area contributed by atoms with Crippen molar-refractivity contribution in [3.05, 3.63) is 29.8 Å². The molecule has 0 aliphatic carbocycles. The van der Waals surface area contributed by atoms with Crippen LogP contribution < -0.4 is 15.4 Å². The molecule has 2 unspecified atom stereocenters. The molecule has 1 aliphatic rings. The lowest BCUT2D eigenvalue weighted by molar-refractivity contribution is 0.160. The number of aliphatic hydroxyl groups excluding tert-OH is 1. The molecule has 5 heteroatoms. The van der Waals surface area contributed by atoms with Crippen molar-refractivity contribution in [1.82, 2.24) is 10.6 Å². The van der Waals surface area contributed by atoms with Crippen LogP contribution in [-0.2, 0) is 0 Å². The highest BCUT2D eigenvalue weighted by atomic mass is 16.5. The lowest BCUT2D eigenvalue weighted by atomic mass is 10.0. The van der Waals surface area contributed by atoms with Crippen LogP contribution in [0.25, 0.3) is 0 Å². The van der Waals surface area contributed by atoms with E-state index < -0.39 is 6.10 Å². The van der Waals surface area contributed by atoms with Crippen molar-refractivity contribution in [2.45, 2.75) is 44.8 Å². The Bertz CT molecular complexity index is 465. The number of rotatable bonds is 5. The number of hydrogen-bond donors (Lipinski definition) is 3. The van der Waals surface area contributed by atoms with Crippen LogP contribution in [0.3, 0.4) is 0 Å². The molecular formula is C16H24N2O3. The Morgan fingerprint density at radius 1 is 1.48 bits per heavy atom. The van der Waals surface area contributed by atoms with Crippen molar-refractivity contribution in [2.75, 3.05) is 13.2 Å². The SMILES string of the molecule is CCCC(O)CNC(=O)NC1CCCOc2ccccc21. The maximum Gasteiger partial charge on any atom is 0.315 e. The molecule has 3 N–H and O–H groups in total. The van der Waals surface area contributed by atoms with Gasteiger partial charge in [0.15, 0.2) is 0 Å². The van der Waals surface area contributed by atoms with Crippen LogP contribution in [0.1, 0.15) is 44.2 Å². The van der Waals surface area contributed by atoms with E-state index in [-0.39, 0.29) is 18.6 Å². The van der Waals surface area contributed by atoms with Crippen LogP contribution in [0, 0.1) is 0 Å². The molecule has 5 nitrogen and oxygen atoms in total. The summed E-state index contributed by atoms with van der Waals surface area (Å²) in [6, 6.07) is 7.50. The largest absolute Gasteiger partial charge is 0.493 e. The maximum absolute atomic E-state index is 12.0. The Hall–Kier alpha value is -1.75. The van der Waals surface area contributed by atoms with Gasteiger partial charge >= 0.3 is 6.03 Å². The fraction of sp³-hybridized carbons (Fsp3) is 0.562. The van der Waals surface area contributed by atoms with Crippen LogP contribution in [0.2, 0.25) is 0 Å². The van der Waals surface area contributed by atoms with Gasteiger partial charge in [-0.2, -0.15) is 0 Å². The van der Waals surface area contributed by atoms with Gasteiger partial charge in [0, 0.05) is 12.1 Å². The minimum Gasteiger partial charge on any atom is -0.493 e. The number of hydrogen-bond acceptors (Lipinski definition) is 3. The first-order chi connectivity index (χ1) is 10.2. The molecule has 0 fully saturated rings. The van der Waals surface area contributed by atoms with Crippen molar-refractivity contribution in [2.24, 2.45) is 0 Å². The van der Waals surface area contributed by atoms with E-state index in [0.717, 1.165) is 30.6 Å². The van der Waals surface area contributed by atoms with Gasteiger partial charge in [0.05, 0.1) is 18.8 Å². The van der Waals surface area contributed by atoms with E-state index in [1.54, 1.807) is 0 Å². The lowest BCUT2D eigenvalue weighted by Crippen LogP contribution is -2.41. The average molecular weight is 292 g/mol. The van der Waals surface area contributed by atoms with Crippen molar-refractivity contribution in [3.63, 3.8) is 0 Å². The van der Waals surface area contributed by atoms with Crippen molar-refractivity contribution in [1.29, 1.82) is 0 Å². The molecule has 1 heterocycles. The highest BCUT2D eigenvalue weighted by molar-refractivity contribution is 5.74. The second kappa shape index (κ2) is 7.88. The molecule has 0 radical (unpaired) electrons. The molecule has 116 valence electrons. The van der Waals surface area contributed by atoms with Gasteiger partial charge in [-0.25, -0.2) is 4.79 Å². The predicted octanol–water partition coefficient (Wildman–Crippen LogP) is 2.36. The van der Waals surface area contributed by atoms with E-state index >= 15 is 0 Å². The van der Waals surface area contributed by atoms with Gasteiger partial charge in [0.2, 0.25) is 0 Å². The fourth-order valence-electron chi connectivity index (χ4n) is 2.53. The van der Waals surface area contributed by atoms with Gasteiger partial charge in [-0.05, 0) is 25.3 Å². The summed E-state index contributed by atoms with van der Waals surface area (Å²) in [5, 5.41) is 15.3. The summed E-state index contributed by atoms with van der Waals surface area (Å²) in [6.07, 6.45) is 2.86. The summed E-state index contributed by atoms with van der Waals surface area (Å²) in [5.41, 5.74) is 1.01. The molecule has 0 saturated carbocycles. The molecule has 0 saturated heterocycles. The minimum absolute atomic E-state index is 0.0491. The molecule has 1 aromatic rings. The quantitative estimate of drug-likeness (QED) is 0.780. The Balaban J connectivity index is 1.91. The van der Waals surface area contributed by atoms with Crippen molar-refractivity contribution >= 4 is 6.03 Å². The molecule has 1 aromatic carbocycles. The third kappa shape index (κ3) is 4.63. The Morgan fingerprint density at radius 2 is 2.29 bits per heavy atom. The Kier molecular flexibility index (Phi) is 5.87. The molecular weight excluding hydrogens is 268 g/mol. The number of ether oxygens (including phenoxy) is 1. The molecule has 2 atom stereocenters. The van der Waals surface area contributed by atoms with E-state index in [0.29, 0.717) is 13.0 Å². The zero-order valence-electron chi connectivity index (χ0n) is 12.5. The normalized spacial score (nSPS) is 18.9. The first-order valence-corrected chi connectivity index (χ1v) is 7.65. The lowest BCUT2D eigenvalue weighted by Gasteiger charge is -2.19. The summed E-state index contributed by atoms with van der Waals surface area (Å²) < 4.78 is 5.68. The second-order valence-corrected chi connectivity index (χ2v) is 5.38. The fourth-order valence-corrected chi connectivity index (χ4v) is 2.53. The topological polar surface area (TPSA) is 70.6 Å². The number of benzene rings is 1. The molecule has 21 heavy (non-hydrogen) atoms. The number of carbonyl (C=O) groups excluding carboxylic acids is 1. The number of carbonyl (C=O) groups is 1. The molecule has 0 aromatic heterocycles. The van der Waals surface area contributed by atoms with Gasteiger partial charge in [0.25, 0.3) is 0 Å². The van der Waals surface area contributed by atoms with Crippen LogP contribution in [0.15, 0.2) is 24.3 Å². The number of urea groups is 1. The molecule has 0 bridgehead atoms. The van der Waals surface area contributed by atoms with E-state index in [9.17, 15) is 9.90 Å². The smallest absolute Gasteiger partial charge is 0.315 e. The van der Waals surface area contributed by atoms with Crippen LogP contribution in [0.5, 0.6) is 5.75 Å². The van der Waals surface area contributed by atoms with Gasteiger partial charge in [-0.15, -0.1) is 0 Å². The van der Waals surface area contributed by atoms with Crippen molar-refractivity contribution < 1.29 is 14.6 Å². The van der Waals surface area contributed by atoms with Gasteiger partial charge in [-0.1, -0.05) is 31.5 Å². The summed E-state index contributed by atoms with van der Waals surface area (Å²) in [5.74, 6) is 0.839. The second-order valence-electron chi connectivity index (χ2n) is 5.38. The van der Waals surface area contributed by atoms with E-state index in [4.69, 9.17) is 4.74 Å². The number of nitrogens with one attached hydrogen (secondary N) is 2. The Morgan fingerprint density at radius 3 is 3.10 bits per heavy atom. The highest BCUT2D eigenvalue weighted by Crippen LogP contribution is 2.30. The molecule has 0 spiro atoms. The highest BCUT2D eigenvalue weighted by Gasteiger charge is 2.21. The van der Waals surface area contributed by atoms with E-state index in [1.807, 2.05) is 31.2 Å². The molecule has 1 aliphatic heterocycles. The minimum atomic E-state index is -0.481. The zero-order valence-corrected chi connectivity index (χ0v) is 12.5. The van der Waals surface area contributed by atoms with Crippen LogP contribution in [-0.4, -0.2) is 30.4 Å². The van der Waals surface area contributed by atoms with Crippen LogP contribution in [0.4, 0.5) is 4.79 Å². The monoisotopic (exact) mass is 292 g/mol. The van der Waals surface area contributed by atoms with E-state index in [1.165, 1.54) is 0 Å².